The molecule has 7 heteroatoms. The molecule has 0 spiro atoms. The molecule has 0 radical (unpaired) electrons. The van der Waals surface area contributed by atoms with Gasteiger partial charge in [0, 0.05) is 16.3 Å². The molecule has 3 rings (SSSR count). The number of rotatable bonds is 8. The highest BCUT2D eigenvalue weighted by molar-refractivity contribution is 6.30. The average molecular weight is 439 g/mol. The first-order chi connectivity index (χ1) is 15.0. The van der Waals surface area contributed by atoms with Gasteiger partial charge in [-0.25, -0.2) is 0 Å². The normalized spacial score (nSPS) is 11.5. The van der Waals surface area contributed by atoms with Crippen LogP contribution in [0.5, 0.6) is 5.75 Å². The highest BCUT2D eigenvalue weighted by Gasteiger charge is 2.20. The van der Waals surface area contributed by atoms with Crippen LogP contribution in [0, 0.1) is 0 Å². The third-order valence-electron chi connectivity index (χ3n) is 4.74. The molecule has 0 saturated heterocycles. The Morgan fingerprint density at radius 3 is 2.32 bits per heavy atom. The molecule has 160 valence electrons. The lowest BCUT2D eigenvalue weighted by Gasteiger charge is -2.23. The van der Waals surface area contributed by atoms with Gasteiger partial charge in [-0.05, 0) is 53.6 Å². The summed E-state index contributed by atoms with van der Waals surface area (Å²) in [6.45, 7) is -0.00552. The van der Waals surface area contributed by atoms with E-state index in [0.29, 0.717) is 22.0 Å². The molecular weight excluding hydrogens is 416 g/mol. The summed E-state index contributed by atoms with van der Waals surface area (Å²) in [7, 11) is 2.90. The van der Waals surface area contributed by atoms with Gasteiger partial charge in [-0.15, -0.1) is 0 Å². The van der Waals surface area contributed by atoms with Gasteiger partial charge in [-0.1, -0.05) is 41.9 Å². The zero-order valence-corrected chi connectivity index (χ0v) is 18.0. The number of hydrogen-bond acceptors (Lipinski definition) is 5. The second-order valence-corrected chi connectivity index (χ2v) is 7.15. The topological polar surface area (TPSA) is 76.7 Å². The maximum Gasteiger partial charge on any atom is 0.319 e. The SMILES string of the molecule is COC(=O)CN[C@@H](c1ccccc1)c1cc(Cl)ccc1NC(=O)c1ccc(OC)cc1. The van der Waals surface area contributed by atoms with Gasteiger partial charge in [0.2, 0.25) is 0 Å². The number of carbonyl (C=O) groups excluding carboxylic acids is 2. The molecule has 1 atom stereocenters. The second-order valence-electron chi connectivity index (χ2n) is 6.71. The molecule has 0 aliphatic rings. The highest BCUT2D eigenvalue weighted by Crippen LogP contribution is 2.31. The van der Waals surface area contributed by atoms with E-state index in [-0.39, 0.29) is 12.5 Å². The number of hydrogen-bond donors (Lipinski definition) is 2. The van der Waals surface area contributed by atoms with Gasteiger partial charge >= 0.3 is 5.97 Å². The largest absolute Gasteiger partial charge is 0.497 e. The fourth-order valence-electron chi connectivity index (χ4n) is 3.13. The van der Waals surface area contributed by atoms with Crippen LogP contribution in [-0.2, 0) is 9.53 Å². The molecule has 3 aromatic rings. The first-order valence-electron chi connectivity index (χ1n) is 9.62. The van der Waals surface area contributed by atoms with Gasteiger partial charge in [0.25, 0.3) is 5.91 Å². The first kappa shape index (κ1) is 22.3. The summed E-state index contributed by atoms with van der Waals surface area (Å²) >= 11 is 6.28. The lowest BCUT2D eigenvalue weighted by atomic mass is 9.96. The van der Waals surface area contributed by atoms with Crippen LogP contribution < -0.4 is 15.4 Å². The quantitative estimate of drug-likeness (QED) is 0.508. The molecular formula is C24H23ClN2O4. The number of methoxy groups -OCH3 is 2. The van der Waals surface area contributed by atoms with Crippen LogP contribution in [-0.4, -0.2) is 32.6 Å². The van der Waals surface area contributed by atoms with Gasteiger partial charge in [-0.3, -0.25) is 14.9 Å². The van der Waals surface area contributed by atoms with Gasteiger partial charge in [0.1, 0.15) is 5.75 Å². The van der Waals surface area contributed by atoms with E-state index in [1.165, 1.54) is 7.11 Å². The molecule has 0 aromatic heterocycles. The van der Waals surface area contributed by atoms with Crippen molar-refractivity contribution < 1.29 is 19.1 Å². The van der Waals surface area contributed by atoms with Crippen molar-refractivity contribution in [2.45, 2.75) is 6.04 Å². The monoisotopic (exact) mass is 438 g/mol. The summed E-state index contributed by atoms with van der Waals surface area (Å²) < 4.78 is 9.90. The summed E-state index contributed by atoms with van der Waals surface area (Å²) in [5, 5.41) is 6.66. The van der Waals surface area contributed by atoms with Crippen molar-refractivity contribution in [2.24, 2.45) is 0 Å². The lowest BCUT2D eigenvalue weighted by molar-refractivity contribution is -0.139. The maximum absolute atomic E-state index is 12.8. The van der Waals surface area contributed by atoms with E-state index in [1.54, 1.807) is 49.6 Å². The summed E-state index contributed by atoms with van der Waals surface area (Å²) in [4.78, 5) is 24.6. The maximum atomic E-state index is 12.8. The number of ether oxygens (including phenoxy) is 2. The van der Waals surface area contributed by atoms with Crippen LogP contribution in [0.15, 0.2) is 72.8 Å². The minimum atomic E-state index is -0.398. The van der Waals surface area contributed by atoms with Crippen molar-refractivity contribution in [3.63, 3.8) is 0 Å². The molecule has 2 N–H and O–H groups in total. The van der Waals surface area contributed by atoms with E-state index in [2.05, 4.69) is 10.6 Å². The Morgan fingerprint density at radius 1 is 0.968 bits per heavy atom. The van der Waals surface area contributed by atoms with Crippen LogP contribution >= 0.6 is 11.6 Å². The molecule has 6 nitrogen and oxygen atoms in total. The van der Waals surface area contributed by atoms with Crippen LogP contribution in [0.3, 0.4) is 0 Å². The predicted octanol–water partition coefficient (Wildman–Crippen LogP) is 4.45. The fraction of sp³-hybridized carbons (Fsp3) is 0.167. The van der Waals surface area contributed by atoms with E-state index < -0.39 is 12.0 Å². The zero-order valence-electron chi connectivity index (χ0n) is 17.2. The van der Waals surface area contributed by atoms with Crippen molar-refractivity contribution in [1.82, 2.24) is 5.32 Å². The van der Waals surface area contributed by atoms with Crippen molar-refractivity contribution in [1.29, 1.82) is 0 Å². The fourth-order valence-corrected chi connectivity index (χ4v) is 3.31. The Balaban J connectivity index is 1.94. The minimum absolute atomic E-state index is 0.00552. The number of anilines is 1. The van der Waals surface area contributed by atoms with Crippen molar-refractivity contribution in [3.05, 3.63) is 94.5 Å². The van der Waals surface area contributed by atoms with E-state index in [9.17, 15) is 9.59 Å². The van der Waals surface area contributed by atoms with Crippen molar-refractivity contribution in [2.75, 3.05) is 26.1 Å². The van der Waals surface area contributed by atoms with E-state index in [1.807, 2.05) is 30.3 Å². The Kier molecular flexibility index (Phi) is 7.65. The zero-order chi connectivity index (χ0) is 22.2. The summed E-state index contributed by atoms with van der Waals surface area (Å²) in [5.41, 5.74) is 2.70. The number of amides is 1. The molecule has 0 heterocycles. The average Bonchev–Trinajstić information content (AvgIpc) is 2.81. The summed E-state index contributed by atoms with van der Waals surface area (Å²) in [5.74, 6) is -0.00216. The molecule has 0 aliphatic heterocycles. The highest BCUT2D eigenvalue weighted by atomic mass is 35.5. The summed E-state index contributed by atoms with van der Waals surface area (Å²) in [6.07, 6.45) is 0. The third-order valence-corrected chi connectivity index (χ3v) is 4.97. The number of halogens is 1. The Hall–Kier alpha value is -3.35. The van der Waals surface area contributed by atoms with E-state index >= 15 is 0 Å². The molecule has 0 fully saturated rings. The number of esters is 1. The molecule has 0 saturated carbocycles. The van der Waals surface area contributed by atoms with Crippen LogP contribution in [0.25, 0.3) is 0 Å². The molecule has 0 aliphatic carbocycles. The Labute approximate surface area is 186 Å². The Bertz CT molecular complexity index is 1040. The smallest absolute Gasteiger partial charge is 0.319 e. The molecule has 0 unspecified atom stereocenters. The van der Waals surface area contributed by atoms with Crippen LogP contribution in [0.1, 0.15) is 27.5 Å². The Morgan fingerprint density at radius 2 is 1.68 bits per heavy atom. The predicted molar refractivity (Wildman–Crippen MR) is 121 cm³/mol. The second kappa shape index (κ2) is 10.6. The standard InChI is InChI=1S/C24H23ClN2O4/c1-30-19-11-8-17(9-12-19)24(29)27-21-13-10-18(25)14-20(21)23(26-15-22(28)31-2)16-6-4-3-5-7-16/h3-14,23,26H,15H2,1-2H3,(H,27,29)/t23-/m0/s1. The number of nitrogens with one attached hydrogen (secondary N) is 2. The molecule has 3 aromatic carbocycles. The van der Waals surface area contributed by atoms with E-state index in [0.717, 1.165) is 11.1 Å². The summed E-state index contributed by atoms with van der Waals surface area (Å²) in [6, 6.07) is 21.2. The number of benzene rings is 3. The van der Waals surface area contributed by atoms with Crippen molar-refractivity contribution >= 4 is 29.2 Å². The molecule has 1 amide bonds. The van der Waals surface area contributed by atoms with Gasteiger partial charge in [0.15, 0.2) is 0 Å². The minimum Gasteiger partial charge on any atom is -0.497 e. The van der Waals surface area contributed by atoms with Gasteiger partial charge in [0.05, 0.1) is 26.8 Å². The van der Waals surface area contributed by atoms with E-state index in [4.69, 9.17) is 21.1 Å². The first-order valence-corrected chi connectivity index (χ1v) is 9.99. The lowest BCUT2D eigenvalue weighted by Crippen LogP contribution is -2.30. The van der Waals surface area contributed by atoms with Crippen LogP contribution in [0.4, 0.5) is 5.69 Å². The van der Waals surface area contributed by atoms with Crippen LogP contribution in [0.2, 0.25) is 5.02 Å². The van der Waals surface area contributed by atoms with Gasteiger partial charge in [-0.2, -0.15) is 0 Å². The van der Waals surface area contributed by atoms with Crippen molar-refractivity contribution in [3.8, 4) is 5.75 Å². The third kappa shape index (κ3) is 5.84. The van der Waals surface area contributed by atoms with Gasteiger partial charge < -0.3 is 14.8 Å². The molecule has 0 bridgehead atoms. The number of carbonyl (C=O) groups is 2. The molecule has 31 heavy (non-hydrogen) atoms.